The normalized spacial score (nSPS) is 14.9. The number of likely N-dealkylation sites (N-methyl/N-ethyl adjacent to an activating group) is 1. The van der Waals surface area contributed by atoms with Gasteiger partial charge in [-0.1, -0.05) is 97.3 Å². The summed E-state index contributed by atoms with van der Waals surface area (Å²) in [5, 5.41) is 0. The molecule has 5 nitrogen and oxygen atoms in total. The third kappa shape index (κ3) is 19.8. The zero-order valence-corrected chi connectivity index (χ0v) is 21.0. The summed E-state index contributed by atoms with van der Waals surface area (Å²) in [7, 11) is 1.67. The minimum atomic E-state index is -4.47. The van der Waals surface area contributed by atoms with E-state index in [2.05, 4.69) is 13.8 Å². The van der Waals surface area contributed by atoms with Crippen molar-refractivity contribution in [1.82, 2.24) is 0 Å². The average Bonchev–Trinajstić information content (AvgIpc) is 2.58. The average molecular weight is 437 g/mol. The van der Waals surface area contributed by atoms with Gasteiger partial charge >= 0.3 is 7.82 Å². The van der Waals surface area contributed by atoms with Crippen LogP contribution in [-0.2, 0) is 9.09 Å². The van der Waals surface area contributed by atoms with Crippen LogP contribution in [0.5, 0.6) is 0 Å². The maximum absolute atomic E-state index is 11.5. The van der Waals surface area contributed by atoms with E-state index in [9.17, 15) is 14.4 Å². The molecular weight excluding hydrogens is 385 g/mol. The van der Waals surface area contributed by atoms with Gasteiger partial charge in [-0.3, -0.25) is 4.52 Å². The van der Waals surface area contributed by atoms with Crippen molar-refractivity contribution in [2.75, 3.05) is 27.7 Å². The third-order valence-electron chi connectivity index (χ3n) is 5.61. The molecule has 0 saturated heterocycles. The molecule has 176 valence electrons. The first-order valence-electron chi connectivity index (χ1n) is 12.1. The molecule has 0 aromatic carbocycles. The van der Waals surface area contributed by atoms with Crippen LogP contribution in [0.4, 0.5) is 0 Å². The summed E-state index contributed by atoms with van der Waals surface area (Å²) in [5.74, 6) is 0.216. The standard InChI is InChI=1S/C23H50NO4P/c1-6-8-9-10-11-12-13-14-15-16-17-18-20-22(19-7-2)23(21-24(3,4)5)28-29(25,26)27/h22-23H,6-21H2,1-5H3,(H-,25,26,27)/p+1. The number of phosphoric ester groups is 1. The predicted molar refractivity (Wildman–Crippen MR) is 124 cm³/mol. The van der Waals surface area contributed by atoms with Crippen LogP contribution in [0.2, 0.25) is 0 Å². The molecular formula is C23H51NO4P+. The van der Waals surface area contributed by atoms with E-state index in [0.717, 1.165) is 25.7 Å². The van der Waals surface area contributed by atoms with Crippen molar-refractivity contribution in [1.29, 1.82) is 0 Å². The van der Waals surface area contributed by atoms with Crippen LogP contribution >= 0.6 is 7.82 Å². The van der Waals surface area contributed by atoms with E-state index in [1.54, 1.807) is 0 Å². The largest absolute Gasteiger partial charge is 0.470 e. The van der Waals surface area contributed by atoms with Crippen LogP contribution in [0, 0.1) is 5.92 Å². The second-order valence-electron chi connectivity index (χ2n) is 9.83. The number of phosphoric acid groups is 1. The Hall–Kier alpha value is 0.0700. The molecule has 0 amide bonds. The molecule has 2 unspecified atom stereocenters. The van der Waals surface area contributed by atoms with Crippen LogP contribution in [0.1, 0.15) is 110 Å². The van der Waals surface area contributed by atoms with Gasteiger partial charge in [0.1, 0.15) is 12.6 Å². The number of unbranched alkanes of at least 4 members (excludes halogenated alkanes) is 11. The summed E-state index contributed by atoms with van der Waals surface area (Å²) in [4.78, 5) is 18.7. The molecule has 0 heterocycles. The van der Waals surface area contributed by atoms with Gasteiger partial charge in [-0.25, -0.2) is 4.57 Å². The van der Waals surface area contributed by atoms with Crippen molar-refractivity contribution < 1.29 is 23.4 Å². The van der Waals surface area contributed by atoms with E-state index in [0.29, 0.717) is 11.0 Å². The summed E-state index contributed by atoms with van der Waals surface area (Å²) in [6, 6.07) is 0. The highest BCUT2D eigenvalue weighted by molar-refractivity contribution is 7.46. The van der Waals surface area contributed by atoms with Crippen molar-refractivity contribution in [3.8, 4) is 0 Å². The lowest BCUT2D eigenvalue weighted by atomic mass is 9.90. The van der Waals surface area contributed by atoms with Crippen molar-refractivity contribution in [3.05, 3.63) is 0 Å². The lowest BCUT2D eigenvalue weighted by molar-refractivity contribution is -0.873. The molecule has 0 aliphatic rings. The van der Waals surface area contributed by atoms with Gasteiger partial charge in [-0.2, -0.15) is 0 Å². The second-order valence-corrected chi connectivity index (χ2v) is 11.0. The minimum absolute atomic E-state index is 0.216. The zero-order valence-electron chi connectivity index (χ0n) is 20.1. The van der Waals surface area contributed by atoms with Gasteiger partial charge in [-0.05, 0) is 18.8 Å². The van der Waals surface area contributed by atoms with E-state index in [1.807, 2.05) is 21.1 Å². The van der Waals surface area contributed by atoms with Gasteiger partial charge in [0.05, 0.1) is 21.1 Å². The second kappa shape index (κ2) is 16.7. The highest BCUT2D eigenvalue weighted by Gasteiger charge is 2.32. The maximum atomic E-state index is 11.5. The quantitative estimate of drug-likeness (QED) is 0.127. The fraction of sp³-hybridized carbons (Fsp3) is 1.00. The Morgan fingerprint density at radius 3 is 1.55 bits per heavy atom. The first-order valence-corrected chi connectivity index (χ1v) is 13.7. The highest BCUT2D eigenvalue weighted by Crippen LogP contribution is 2.41. The Kier molecular flexibility index (Phi) is 16.8. The fourth-order valence-electron chi connectivity index (χ4n) is 4.12. The van der Waals surface area contributed by atoms with E-state index < -0.39 is 7.82 Å². The van der Waals surface area contributed by atoms with Gasteiger partial charge in [0.15, 0.2) is 0 Å². The number of rotatable bonds is 20. The SMILES string of the molecule is CCCCCCCCCCCCCCC(CCC)C(C[N+](C)(C)C)OP(=O)(O)O. The maximum Gasteiger partial charge on any atom is 0.470 e. The van der Waals surface area contributed by atoms with Crippen LogP contribution in [0.25, 0.3) is 0 Å². The van der Waals surface area contributed by atoms with Crippen molar-refractivity contribution in [2.45, 2.75) is 116 Å². The van der Waals surface area contributed by atoms with E-state index in [1.165, 1.54) is 70.6 Å². The Bertz CT molecular complexity index is 420. The molecule has 0 fully saturated rings. The van der Waals surface area contributed by atoms with Crippen molar-refractivity contribution >= 4 is 7.82 Å². The summed E-state index contributed by atoms with van der Waals surface area (Å²) >= 11 is 0. The fourth-order valence-corrected chi connectivity index (χ4v) is 4.71. The molecule has 0 radical (unpaired) electrons. The van der Waals surface area contributed by atoms with Gasteiger partial charge < -0.3 is 14.3 Å². The first-order chi connectivity index (χ1) is 13.6. The number of hydrogen-bond donors (Lipinski definition) is 2. The summed E-state index contributed by atoms with van der Waals surface area (Å²) in [5.41, 5.74) is 0. The van der Waals surface area contributed by atoms with Gasteiger partial charge in [0, 0.05) is 0 Å². The molecule has 6 heteroatoms. The van der Waals surface area contributed by atoms with E-state index in [-0.39, 0.29) is 12.0 Å². The molecule has 0 aliphatic carbocycles. The molecule has 2 atom stereocenters. The van der Waals surface area contributed by atoms with Crippen molar-refractivity contribution in [3.63, 3.8) is 0 Å². The molecule has 0 spiro atoms. The molecule has 0 aliphatic heterocycles. The van der Waals surface area contributed by atoms with Crippen LogP contribution in [0.3, 0.4) is 0 Å². The van der Waals surface area contributed by atoms with Crippen LogP contribution in [0.15, 0.2) is 0 Å². The Morgan fingerprint density at radius 1 is 0.724 bits per heavy atom. The minimum Gasteiger partial charge on any atom is -0.329 e. The van der Waals surface area contributed by atoms with Gasteiger partial charge in [0.25, 0.3) is 0 Å². The lowest BCUT2D eigenvalue weighted by Crippen LogP contribution is -2.45. The molecule has 0 saturated carbocycles. The molecule has 0 bridgehead atoms. The lowest BCUT2D eigenvalue weighted by Gasteiger charge is -2.33. The first kappa shape index (κ1) is 29.1. The summed E-state index contributed by atoms with van der Waals surface area (Å²) in [6.07, 6.45) is 18.5. The van der Waals surface area contributed by atoms with E-state index >= 15 is 0 Å². The van der Waals surface area contributed by atoms with Gasteiger partial charge in [-0.15, -0.1) is 0 Å². The Balaban J connectivity index is 4.13. The number of quaternary nitrogens is 1. The Labute approximate surface area is 181 Å². The molecule has 2 N–H and O–H groups in total. The summed E-state index contributed by atoms with van der Waals surface area (Å²) in [6.45, 7) is 5.02. The van der Waals surface area contributed by atoms with Gasteiger partial charge in [0.2, 0.25) is 0 Å². The molecule has 29 heavy (non-hydrogen) atoms. The number of nitrogens with zero attached hydrogens (tertiary/aromatic N) is 1. The highest BCUT2D eigenvalue weighted by atomic mass is 31.2. The van der Waals surface area contributed by atoms with Crippen LogP contribution in [-0.4, -0.2) is 48.1 Å². The predicted octanol–water partition coefficient (Wildman–Crippen LogP) is 6.68. The summed E-state index contributed by atoms with van der Waals surface area (Å²) < 4.78 is 17.4. The third-order valence-corrected chi connectivity index (χ3v) is 6.16. The molecule has 0 rings (SSSR count). The number of hydrogen-bond acceptors (Lipinski definition) is 2. The van der Waals surface area contributed by atoms with E-state index in [4.69, 9.17) is 4.52 Å². The topological polar surface area (TPSA) is 66.8 Å². The Morgan fingerprint density at radius 2 is 1.17 bits per heavy atom. The van der Waals surface area contributed by atoms with Crippen LogP contribution < -0.4 is 0 Å². The zero-order chi connectivity index (χ0) is 22.2. The molecule has 0 aromatic rings. The monoisotopic (exact) mass is 436 g/mol. The smallest absolute Gasteiger partial charge is 0.329 e. The molecule has 0 aromatic heterocycles. The van der Waals surface area contributed by atoms with Crippen molar-refractivity contribution in [2.24, 2.45) is 5.92 Å².